The number of aryl methyl sites for hydroxylation is 2. The Morgan fingerprint density at radius 1 is 1.16 bits per heavy atom. The maximum absolute atomic E-state index is 6.65. The Balaban J connectivity index is 3.17. The number of hydrogen-bond donors (Lipinski definition) is 1. The van der Waals surface area contributed by atoms with E-state index in [1.165, 1.54) is 16.7 Å². The Hall–Kier alpha value is -0.860. The molecule has 2 N–H and O–H groups in total. The van der Waals surface area contributed by atoms with E-state index in [1.807, 2.05) is 0 Å². The van der Waals surface area contributed by atoms with Crippen LogP contribution in [-0.4, -0.2) is 23.5 Å². The van der Waals surface area contributed by atoms with Crippen molar-refractivity contribution < 1.29 is 0 Å². The lowest BCUT2D eigenvalue weighted by atomic mass is 9.81. The Labute approximate surface area is 119 Å². The maximum atomic E-state index is 6.65. The van der Waals surface area contributed by atoms with Gasteiger partial charge >= 0.3 is 0 Å². The number of rotatable bonds is 6. The molecule has 0 spiro atoms. The van der Waals surface area contributed by atoms with E-state index in [-0.39, 0.29) is 11.6 Å². The van der Waals surface area contributed by atoms with Crippen molar-refractivity contribution in [3.8, 4) is 0 Å². The van der Waals surface area contributed by atoms with Gasteiger partial charge < -0.3 is 5.73 Å². The lowest BCUT2D eigenvalue weighted by Gasteiger charge is -2.44. The highest BCUT2D eigenvalue weighted by molar-refractivity contribution is 5.34. The Bertz CT molecular complexity index is 410. The molecule has 0 amide bonds. The van der Waals surface area contributed by atoms with E-state index in [0.717, 1.165) is 19.5 Å². The van der Waals surface area contributed by atoms with Gasteiger partial charge in [-0.25, -0.2) is 0 Å². The van der Waals surface area contributed by atoms with Gasteiger partial charge in [-0.1, -0.05) is 44.5 Å². The number of nitrogens with zero attached hydrogens (tertiary/aromatic N) is 1. The second kappa shape index (κ2) is 6.53. The van der Waals surface area contributed by atoms with Gasteiger partial charge in [-0.05, 0) is 51.4 Å². The van der Waals surface area contributed by atoms with Crippen molar-refractivity contribution in [1.82, 2.24) is 4.90 Å². The fraction of sp³-hybridized carbons (Fsp3) is 0.647. The van der Waals surface area contributed by atoms with Gasteiger partial charge in [-0.3, -0.25) is 4.90 Å². The molecule has 0 fully saturated rings. The van der Waals surface area contributed by atoms with Crippen molar-refractivity contribution >= 4 is 0 Å². The van der Waals surface area contributed by atoms with Crippen LogP contribution in [0.5, 0.6) is 0 Å². The molecule has 0 saturated heterocycles. The summed E-state index contributed by atoms with van der Waals surface area (Å²) in [6, 6.07) is 6.65. The Morgan fingerprint density at radius 3 is 2.16 bits per heavy atom. The molecular formula is C17H30N2. The SMILES string of the molecule is CCN(CC)C(C)(CC)C(N)c1ccc(C)cc1C. The molecule has 0 aliphatic rings. The van der Waals surface area contributed by atoms with Crippen LogP contribution in [0.1, 0.15) is 56.8 Å². The molecule has 2 nitrogen and oxygen atoms in total. The summed E-state index contributed by atoms with van der Waals surface area (Å²) in [6.45, 7) is 15.3. The topological polar surface area (TPSA) is 29.3 Å². The first-order valence-electron chi connectivity index (χ1n) is 7.48. The standard InChI is InChI=1S/C17H30N2/c1-7-17(6,19(8-2)9-3)16(18)15-11-10-13(4)12-14(15)5/h10-12,16H,7-9,18H2,1-6H3. The minimum atomic E-state index is 0.0174. The van der Waals surface area contributed by atoms with Gasteiger partial charge in [0, 0.05) is 11.6 Å². The van der Waals surface area contributed by atoms with E-state index in [1.54, 1.807) is 0 Å². The molecule has 1 aromatic carbocycles. The molecule has 2 heteroatoms. The van der Waals surface area contributed by atoms with E-state index < -0.39 is 0 Å². The molecule has 1 aromatic rings. The van der Waals surface area contributed by atoms with Gasteiger partial charge in [0.1, 0.15) is 0 Å². The predicted octanol–water partition coefficient (Wildman–Crippen LogP) is 3.81. The maximum Gasteiger partial charge on any atom is 0.0481 e. The van der Waals surface area contributed by atoms with Crippen LogP contribution in [0.3, 0.4) is 0 Å². The van der Waals surface area contributed by atoms with Crippen LogP contribution in [0, 0.1) is 13.8 Å². The Morgan fingerprint density at radius 2 is 1.74 bits per heavy atom. The fourth-order valence-corrected chi connectivity index (χ4v) is 3.10. The van der Waals surface area contributed by atoms with Gasteiger partial charge in [-0.2, -0.15) is 0 Å². The normalized spacial score (nSPS) is 16.4. The minimum Gasteiger partial charge on any atom is -0.322 e. The van der Waals surface area contributed by atoms with Crippen molar-refractivity contribution in [2.45, 2.75) is 59.5 Å². The summed E-state index contributed by atoms with van der Waals surface area (Å²) in [5.74, 6) is 0. The molecule has 0 heterocycles. The van der Waals surface area contributed by atoms with Crippen LogP contribution >= 0.6 is 0 Å². The summed E-state index contributed by atoms with van der Waals surface area (Å²) in [4.78, 5) is 2.48. The van der Waals surface area contributed by atoms with Crippen LogP contribution in [0.25, 0.3) is 0 Å². The fourth-order valence-electron chi connectivity index (χ4n) is 3.10. The minimum absolute atomic E-state index is 0.0174. The van der Waals surface area contributed by atoms with Crippen LogP contribution in [0.15, 0.2) is 18.2 Å². The van der Waals surface area contributed by atoms with E-state index in [0.29, 0.717) is 0 Å². The van der Waals surface area contributed by atoms with E-state index >= 15 is 0 Å². The number of hydrogen-bond acceptors (Lipinski definition) is 2. The highest BCUT2D eigenvalue weighted by Gasteiger charge is 2.36. The van der Waals surface area contributed by atoms with E-state index in [9.17, 15) is 0 Å². The zero-order chi connectivity index (χ0) is 14.6. The van der Waals surface area contributed by atoms with Crippen LogP contribution in [-0.2, 0) is 0 Å². The lowest BCUT2D eigenvalue weighted by molar-refractivity contribution is 0.0842. The molecule has 2 unspecified atom stereocenters. The smallest absolute Gasteiger partial charge is 0.0481 e. The molecule has 0 saturated carbocycles. The average molecular weight is 262 g/mol. The molecular weight excluding hydrogens is 232 g/mol. The number of benzene rings is 1. The first kappa shape index (κ1) is 16.2. The first-order valence-corrected chi connectivity index (χ1v) is 7.48. The molecule has 0 bridgehead atoms. The zero-order valence-electron chi connectivity index (χ0n) is 13.5. The highest BCUT2D eigenvalue weighted by atomic mass is 15.2. The molecule has 1 rings (SSSR count). The van der Waals surface area contributed by atoms with Gasteiger partial charge in [0.15, 0.2) is 0 Å². The Kier molecular flexibility index (Phi) is 5.57. The van der Waals surface area contributed by atoms with Gasteiger partial charge in [0.05, 0.1) is 0 Å². The summed E-state index contributed by atoms with van der Waals surface area (Å²) in [6.07, 6.45) is 1.06. The highest BCUT2D eigenvalue weighted by Crippen LogP contribution is 2.33. The van der Waals surface area contributed by atoms with Gasteiger partial charge in [0.25, 0.3) is 0 Å². The zero-order valence-corrected chi connectivity index (χ0v) is 13.5. The second-order valence-corrected chi connectivity index (χ2v) is 5.72. The third kappa shape index (κ3) is 3.18. The third-order valence-corrected chi connectivity index (χ3v) is 4.63. The lowest BCUT2D eigenvalue weighted by Crippen LogP contribution is -2.53. The van der Waals surface area contributed by atoms with Crippen molar-refractivity contribution in [2.75, 3.05) is 13.1 Å². The van der Waals surface area contributed by atoms with Crippen molar-refractivity contribution in [3.05, 3.63) is 34.9 Å². The number of nitrogens with two attached hydrogens (primary N) is 1. The molecule has 0 aromatic heterocycles. The molecule has 108 valence electrons. The van der Waals surface area contributed by atoms with Crippen LogP contribution in [0.2, 0.25) is 0 Å². The first-order chi connectivity index (χ1) is 8.90. The predicted molar refractivity (Wildman–Crippen MR) is 84.5 cm³/mol. The van der Waals surface area contributed by atoms with Crippen LogP contribution < -0.4 is 5.73 Å². The molecule has 0 radical (unpaired) electrons. The molecule has 19 heavy (non-hydrogen) atoms. The van der Waals surface area contributed by atoms with E-state index in [2.05, 4.69) is 64.6 Å². The molecule has 2 atom stereocenters. The van der Waals surface area contributed by atoms with E-state index in [4.69, 9.17) is 5.73 Å². The summed E-state index contributed by atoms with van der Waals surface area (Å²) in [5, 5.41) is 0. The monoisotopic (exact) mass is 262 g/mol. The van der Waals surface area contributed by atoms with Gasteiger partial charge in [0.2, 0.25) is 0 Å². The largest absolute Gasteiger partial charge is 0.322 e. The molecule has 0 aliphatic carbocycles. The second-order valence-electron chi connectivity index (χ2n) is 5.72. The average Bonchev–Trinajstić information content (AvgIpc) is 2.39. The quantitative estimate of drug-likeness (QED) is 0.844. The van der Waals surface area contributed by atoms with Crippen molar-refractivity contribution in [3.63, 3.8) is 0 Å². The summed E-state index contributed by atoms with van der Waals surface area (Å²) in [7, 11) is 0. The van der Waals surface area contributed by atoms with Crippen molar-refractivity contribution in [2.24, 2.45) is 5.73 Å². The van der Waals surface area contributed by atoms with Gasteiger partial charge in [-0.15, -0.1) is 0 Å². The number of likely N-dealkylation sites (N-methyl/N-ethyl adjacent to an activating group) is 1. The summed E-state index contributed by atoms with van der Waals surface area (Å²) >= 11 is 0. The molecule has 0 aliphatic heterocycles. The summed E-state index contributed by atoms with van der Waals surface area (Å²) < 4.78 is 0. The summed E-state index contributed by atoms with van der Waals surface area (Å²) in [5.41, 5.74) is 10.5. The third-order valence-electron chi connectivity index (χ3n) is 4.63. The van der Waals surface area contributed by atoms with Crippen LogP contribution in [0.4, 0.5) is 0 Å². The van der Waals surface area contributed by atoms with Crippen molar-refractivity contribution in [1.29, 1.82) is 0 Å².